The van der Waals surface area contributed by atoms with Gasteiger partial charge in [0.1, 0.15) is 5.75 Å². The molecule has 0 aliphatic carbocycles. The second-order valence-electron chi connectivity index (χ2n) is 4.29. The minimum Gasteiger partial charge on any atom is -0.496 e. The number of ether oxygens (including phenoxy) is 1. The molecule has 0 heterocycles. The molecule has 0 atom stereocenters. The van der Waals surface area contributed by atoms with Gasteiger partial charge in [-0.2, -0.15) is 0 Å². The first-order chi connectivity index (χ1) is 8.58. The normalized spacial score (nSPS) is 10.2. The van der Waals surface area contributed by atoms with Crippen molar-refractivity contribution in [2.24, 2.45) is 0 Å². The van der Waals surface area contributed by atoms with Crippen LogP contribution in [0, 0.1) is 6.92 Å². The Morgan fingerprint density at radius 2 is 2.17 bits per heavy atom. The number of amides is 1. The largest absolute Gasteiger partial charge is 0.496 e. The highest BCUT2D eigenvalue weighted by atomic mass is 35.5. The van der Waals surface area contributed by atoms with Gasteiger partial charge >= 0.3 is 0 Å². The Morgan fingerprint density at radius 3 is 2.78 bits per heavy atom. The molecule has 100 valence electrons. The lowest BCUT2D eigenvalue weighted by Crippen LogP contribution is -2.26. The van der Waals surface area contributed by atoms with Crippen molar-refractivity contribution in [3.05, 3.63) is 28.3 Å². The van der Waals surface area contributed by atoms with E-state index in [1.165, 1.54) is 0 Å². The van der Waals surface area contributed by atoms with Gasteiger partial charge in [0.05, 0.1) is 13.5 Å². The van der Waals surface area contributed by atoms with Gasteiger partial charge in [0.15, 0.2) is 0 Å². The van der Waals surface area contributed by atoms with E-state index in [-0.39, 0.29) is 5.91 Å². The molecular formula is C14H20ClNO2. The third-order valence-corrected chi connectivity index (χ3v) is 3.17. The van der Waals surface area contributed by atoms with Gasteiger partial charge in [0.2, 0.25) is 5.91 Å². The van der Waals surface area contributed by atoms with Gasteiger partial charge in [-0.05, 0) is 31.0 Å². The van der Waals surface area contributed by atoms with Crippen LogP contribution < -0.4 is 10.1 Å². The van der Waals surface area contributed by atoms with Crippen molar-refractivity contribution >= 4 is 17.5 Å². The van der Waals surface area contributed by atoms with Gasteiger partial charge < -0.3 is 10.1 Å². The number of halogens is 1. The fourth-order valence-electron chi connectivity index (χ4n) is 1.66. The Balaban J connectivity index is 2.71. The summed E-state index contributed by atoms with van der Waals surface area (Å²) in [5.41, 5.74) is 1.77. The lowest BCUT2D eigenvalue weighted by atomic mass is 10.1. The molecule has 18 heavy (non-hydrogen) atoms. The highest BCUT2D eigenvalue weighted by Crippen LogP contribution is 2.26. The van der Waals surface area contributed by atoms with E-state index >= 15 is 0 Å². The minimum absolute atomic E-state index is 0.00155. The van der Waals surface area contributed by atoms with Crippen molar-refractivity contribution in [3.63, 3.8) is 0 Å². The highest BCUT2D eigenvalue weighted by molar-refractivity contribution is 6.31. The summed E-state index contributed by atoms with van der Waals surface area (Å²) in [5.74, 6) is 0.712. The molecule has 0 saturated carbocycles. The van der Waals surface area contributed by atoms with Crippen LogP contribution in [0.15, 0.2) is 12.1 Å². The average molecular weight is 270 g/mol. The molecule has 4 heteroatoms. The molecule has 3 nitrogen and oxygen atoms in total. The molecule has 0 aromatic heterocycles. The Bertz CT molecular complexity index is 419. The van der Waals surface area contributed by atoms with Crippen molar-refractivity contribution in [2.45, 2.75) is 33.1 Å². The van der Waals surface area contributed by atoms with E-state index in [0.717, 1.165) is 30.5 Å². The average Bonchev–Trinajstić information content (AvgIpc) is 2.34. The number of carbonyl (C=O) groups is 1. The van der Waals surface area contributed by atoms with Crippen molar-refractivity contribution in [2.75, 3.05) is 13.7 Å². The van der Waals surface area contributed by atoms with E-state index in [9.17, 15) is 4.79 Å². The fourth-order valence-corrected chi connectivity index (χ4v) is 1.85. The van der Waals surface area contributed by atoms with Gasteiger partial charge in [-0.15, -0.1) is 0 Å². The summed E-state index contributed by atoms with van der Waals surface area (Å²) in [5, 5.41) is 3.54. The molecule has 0 unspecified atom stereocenters. The van der Waals surface area contributed by atoms with Crippen LogP contribution in [0.25, 0.3) is 0 Å². The predicted octanol–water partition coefficient (Wildman–Crippen LogP) is 3.12. The van der Waals surface area contributed by atoms with Crippen molar-refractivity contribution < 1.29 is 9.53 Å². The highest BCUT2D eigenvalue weighted by Gasteiger charge is 2.10. The Hall–Kier alpha value is -1.22. The molecular weight excluding hydrogens is 250 g/mol. The Labute approximate surface area is 113 Å². The fraction of sp³-hybridized carbons (Fsp3) is 0.500. The summed E-state index contributed by atoms with van der Waals surface area (Å²) < 4.78 is 5.27. The van der Waals surface area contributed by atoms with Crippen LogP contribution in [0.2, 0.25) is 5.02 Å². The lowest BCUT2D eigenvalue weighted by Gasteiger charge is -2.11. The summed E-state index contributed by atoms with van der Waals surface area (Å²) in [4.78, 5) is 11.7. The maximum Gasteiger partial charge on any atom is 0.224 e. The predicted molar refractivity (Wildman–Crippen MR) is 74.4 cm³/mol. The Kier molecular flexibility index (Phi) is 5.99. The third-order valence-electron chi connectivity index (χ3n) is 2.77. The molecule has 0 bridgehead atoms. The maximum absolute atomic E-state index is 11.7. The van der Waals surface area contributed by atoms with E-state index < -0.39 is 0 Å². The van der Waals surface area contributed by atoms with Gasteiger partial charge in [0.25, 0.3) is 0 Å². The standard InChI is InChI=1S/C14H20ClNO2/c1-4-5-6-16-14(17)9-11-8-12(15)10(2)7-13(11)18-3/h7-8H,4-6,9H2,1-3H3,(H,16,17). The number of methoxy groups -OCH3 is 1. The molecule has 0 spiro atoms. The zero-order valence-electron chi connectivity index (χ0n) is 11.2. The SMILES string of the molecule is CCCCNC(=O)Cc1cc(Cl)c(C)cc1OC. The van der Waals surface area contributed by atoms with Crippen molar-refractivity contribution in [1.29, 1.82) is 0 Å². The van der Waals surface area contributed by atoms with Gasteiger partial charge in [0, 0.05) is 17.1 Å². The first-order valence-electron chi connectivity index (χ1n) is 6.18. The van der Waals surface area contributed by atoms with Crippen LogP contribution in [-0.2, 0) is 11.2 Å². The number of carbonyl (C=O) groups excluding carboxylic acids is 1. The number of aryl methyl sites for hydroxylation is 1. The third kappa shape index (κ3) is 4.22. The number of benzene rings is 1. The molecule has 0 saturated heterocycles. The number of hydrogen-bond acceptors (Lipinski definition) is 2. The zero-order chi connectivity index (χ0) is 13.5. The van der Waals surface area contributed by atoms with Crippen LogP contribution in [0.4, 0.5) is 0 Å². The Morgan fingerprint density at radius 1 is 1.44 bits per heavy atom. The quantitative estimate of drug-likeness (QED) is 0.806. The second kappa shape index (κ2) is 7.27. The number of hydrogen-bond donors (Lipinski definition) is 1. The van der Waals surface area contributed by atoms with E-state index in [0.29, 0.717) is 17.2 Å². The molecule has 0 fully saturated rings. The molecule has 0 aliphatic rings. The molecule has 1 N–H and O–H groups in total. The number of nitrogens with one attached hydrogen (secondary N) is 1. The number of unbranched alkanes of at least 4 members (excludes halogenated alkanes) is 1. The first-order valence-corrected chi connectivity index (χ1v) is 6.56. The van der Waals surface area contributed by atoms with Crippen LogP contribution in [0.1, 0.15) is 30.9 Å². The topological polar surface area (TPSA) is 38.3 Å². The van der Waals surface area contributed by atoms with Crippen molar-refractivity contribution in [3.8, 4) is 5.75 Å². The van der Waals surface area contributed by atoms with E-state index in [4.69, 9.17) is 16.3 Å². The minimum atomic E-state index is 0.00155. The summed E-state index contributed by atoms with van der Waals surface area (Å²) >= 11 is 6.07. The molecule has 1 amide bonds. The van der Waals surface area contributed by atoms with Crippen LogP contribution >= 0.6 is 11.6 Å². The molecule has 1 aromatic rings. The summed E-state index contributed by atoms with van der Waals surface area (Å²) in [7, 11) is 1.60. The molecule has 1 aromatic carbocycles. The molecule has 0 aliphatic heterocycles. The molecule has 1 rings (SSSR count). The van der Waals surface area contributed by atoms with Crippen LogP contribution in [-0.4, -0.2) is 19.6 Å². The van der Waals surface area contributed by atoms with E-state index in [2.05, 4.69) is 12.2 Å². The monoisotopic (exact) mass is 269 g/mol. The van der Waals surface area contributed by atoms with E-state index in [1.54, 1.807) is 13.2 Å². The van der Waals surface area contributed by atoms with Gasteiger partial charge in [-0.25, -0.2) is 0 Å². The zero-order valence-corrected chi connectivity index (χ0v) is 11.9. The second-order valence-corrected chi connectivity index (χ2v) is 4.70. The summed E-state index contributed by atoms with van der Waals surface area (Å²) in [6.07, 6.45) is 2.37. The van der Waals surface area contributed by atoms with Gasteiger partial charge in [-0.1, -0.05) is 24.9 Å². The van der Waals surface area contributed by atoms with Crippen LogP contribution in [0.5, 0.6) is 5.75 Å². The van der Waals surface area contributed by atoms with Crippen molar-refractivity contribution in [1.82, 2.24) is 5.32 Å². The van der Waals surface area contributed by atoms with Crippen LogP contribution in [0.3, 0.4) is 0 Å². The summed E-state index contributed by atoms with van der Waals surface area (Å²) in [6.45, 7) is 4.72. The van der Waals surface area contributed by atoms with E-state index in [1.807, 2.05) is 13.0 Å². The summed E-state index contributed by atoms with van der Waals surface area (Å²) in [6, 6.07) is 3.66. The smallest absolute Gasteiger partial charge is 0.224 e. The first kappa shape index (κ1) is 14.8. The van der Waals surface area contributed by atoms with Gasteiger partial charge in [-0.3, -0.25) is 4.79 Å². The maximum atomic E-state index is 11.7. The lowest BCUT2D eigenvalue weighted by molar-refractivity contribution is -0.120. The molecule has 0 radical (unpaired) electrons. The number of rotatable bonds is 6.